The van der Waals surface area contributed by atoms with Gasteiger partial charge >= 0.3 is 0 Å². The molecule has 3 heterocycles. The SMILES string of the molecule is Cc1oncc1C(=O)N[C@@H]1CNC[C@@H]2CCCO[C@@H]21. The molecule has 19 heavy (non-hydrogen) atoms. The molecule has 0 bridgehead atoms. The Labute approximate surface area is 111 Å². The van der Waals surface area contributed by atoms with Gasteiger partial charge in [-0.2, -0.15) is 0 Å². The Kier molecular flexibility index (Phi) is 3.52. The molecule has 2 N–H and O–H groups in total. The van der Waals surface area contributed by atoms with Crippen LogP contribution in [-0.4, -0.2) is 42.9 Å². The molecule has 3 rings (SSSR count). The second-order valence-corrected chi connectivity index (χ2v) is 5.27. The van der Waals surface area contributed by atoms with Gasteiger partial charge in [-0.15, -0.1) is 0 Å². The molecule has 2 aliphatic rings. The van der Waals surface area contributed by atoms with Crippen LogP contribution < -0.4 is 10.6 Å². The Morgan fingerprint density at radius 1 is 1.53 bits per heavy atom. The summed E-state index contributed by atoms with van der Waals surface area (Å²) in [4.78, 5) is 12.2. The third kappa shape index (κ3) is 2.50. The molecule has 0 spiro atoms. The quantitative estimate of drug-likeness (QED) is 0.813. The van der Waals surface area contributed by atoms with Crippen molar-refractivity contribution in [2.24, 2.45) is 5.92 Å². The van der Waals surface area contributed by atoms with Crippen molar-refractivity contribution in [1.82, 2.24) is 15.8 Å². The molecule has 6 nitrogen and oxygen atoms in total. The summed E-state index contributed by atoms with van der Waals surface area (Å²) in [7, 11) is 0. The first-order chi connectivity index (χ1) is 9.25. The Morgan fingerprint density at radius 2 is 2.42 bits per heavy atom. The van der Waals surface area contributed by atoms with Crippen LogP contribution in [0, 0.1) is 12.8 Å². The van der Waals surface area contributed by atoms with Gasteiger partial charge in [-0.1, -0.05) is 5.16 Å². The topological polar surface area (TPSA) is 76.4 Å². The van der Waals surface area contributed by atoms with E-state index in [1.54, 1.807) is 6.92 Å². The minimum Gasteiger partial charge on any atom is -0.376 e. The minimum atomic E-state index is -0.139. The van der Waals surface area contributed by atoms with Gasteiger partial charge in [-0.3, -0.25) is 4.79 Å². The standard InChI is InChI=1S/C13H19N3O3/c1-8-10(6-15-19-8)13(17)16-11-7-14-5-9-3-2-4-18-12(9)11/h6,9,11-12,14H,2-5,7H2,1H3,(H,16,17)/t9-,11+,12-/m0/s1. The molecule has 1 aromatic rings. The summed E-state index contributed by atoms with van der Waals surface area (Å²) in [6.07, 6.45) is 3.85. The van der Waals surface area contributed by atoms with Gasteiger partial charge < -0.3 is 19.9 Å². The first-order valence-corrected chi connectivity index (χ1v) is 6.80. The second kappa shape index (κ2) is 5.30. The average molecular weight is 265 g/mol. The van der Waals surface area contributed by atoms with Gasteiger partial charge in [0.15, 0.2) is 0 Å². The largest absolute Gasteiger partial charge is 0.376 e. The molecule has 0 aliphatic carbocycles. The molecule has 0 unspecified atom stereocenters. The molecule has 2 fully saturated rings. The lowest BCUT2D eigenvalue weighted by molar-refractivity contribution is -0.0573. The van der Waals surface area contributed by atoms with Crippen LogP contribution >= 0.6 is 0 Å². The number of aryl methyl sites for hydroxylation is 1. The number of amides is 1. The first-order valence-electron chi connectivity index (χ1n) is 6.80. The number of ether oxygens (including phenoxy) is 1. The van der Waals surface area contributed by atoms with Gasteiger partial charge in [0.05, 0.1) is 18.3 Å². The summed E-state index contributed by atoms with van der Waals surface area (Å²) in [5.74, 6) is 0.902. The lowest BCUT2D eigenvalue weighted by Gasteiger charge is -2.41. The van der Waals surface area contributed by atoms with Gasteiger partial charge in [0, 0.05) is 19.7 Å². The number of aromatic nitrogens is 1. The van der Waals surface area contributed by atoms with Crippen molar-refractivity contribution in [3.05, 3.63) is 17.5 Å². The van der Waals surface area contributed by atoms with Crippen molar-refractivity contribution in [1.29, 1.82) is 0 Å². The lowest BCUT2D eigenvalue weighted by atomic mass is 9.86. The molecule has 0 aromatic carbocycles. The van der Waals surface area contributed by atoms with Crippen molar-refractivity contribution in [3.63, 3.8) is 0 Å². The summed E-state index contributed by atoms with van der Waals surface area (Å²) in [5.41, 5.74) is 0.498. The van der Waals surface area contributed by atoms with Crippen LogP contribution in [0.3, 0.4) is 0 Å². The van der Waals surface area contributed by atoms with Crippen LogP contribution in [0.5, 0.6) is 0 Å². The third-order valence-corrected chi connectivity index (χ3v) is 3.97. The van der Waals surface area contributed by atoms with E-state index in [0.29, 0.717) is 17.2 Å². The normalized spacial score (nSPS) is 30.7. The van der Waals surface area contributed by atoms with Crippen LogP contribution in [-0.2, 0) is 4.74 Å². The highest BCUT2D eigenvalue weighted by molar-refractivity contribution is 5.95. The Balaban J connectivity index is 1.68. The van der Waals surface area contributed by atoms with Crippen molar-refractivity contribution in [2.75, 3.05) is 19.7 Å². The van der Waals surface area contributed by atoms with E-state index in [9.17, 15) is 4.79 Å². The highest BCUT2D eigenvalue weighted by Crippen LogP contribution is 2.25. The summed E-state index contributed by atoms with van der Waals surface area (Å²) < 4.78 is 10.8. The third-order valence-electron chi connectivity index (χ3n) is 3.97. The number of carbonyl (C=O) groups excluding carboxylic acids is 1. The zero-order valence-electron chi connectivity index (χ0n) is 11.0. The molecule has 104 valence electrons. The Morgan fingerprint density at radius 3 is 3.21 bits per heavy atom. The Hall–Kier alpha value is -1.40. The number of rotatable bonds is 2. The molecule has 6 heteroatoms. The maximum absolute atomic E-state index is 12.2. The van der Waals surface area contributed by atoms with Crippen LogP contribution in [0.25, 0.3) is 0 Å². The van der Waals surface area contributed by atoms with Gasteiger partial charge in [0.1, 0.15) is 11.3 Å². The second-order valence-electron chi connectivity index (χ2n) is 5.27. The van der Waals surface area contributed by atoms with Crippen molar-refractivity contribution >= 4 is 5.91 Å². The molecule has 2 aliphatic heterocycles. The van der Waals surface area contributed by atoms with Gasteiger partial charge in [0.25, 0.3) is 5.91 Å². The number of nitrogens with one attached hydrogen (secondary N) is 2. The zero-order valence-corrected chi connectivity index (χ0v) is 11.0. The minimum absolute atomic E-state index is 0.0147. The van der Waals surface area contributed by atoms with Crippen molar-refractivity contribution in [2.45, 2.75) is 31.9 Å². The van der Waals surface area contributed by atoms with Crippen LogP contribution in [0.4, 0.5) is 0 Å². The molecule has 1 amide bonds. The number of fused-ring (bicyclic) bond motifs is 1. The Bertz CT molecular complexity index is 458. The summed E-state index contributed by atoms with van der Waals surface area (Å²) in [5, 5.41) is 10.0. The smallest absolute Gasteiger partial charge is 0.256 e. The van der Waals surface area contributed by atoms with Crippen molar-refractivity contribution < 1.29 is 14.1 Å². The van der Waals surface area contributed by atoms with Crippen LogP contribution in [0.1, 0.15) is 29.0 Å². The van der Waals surface area contributed by atoms with E-state index in [2.05, 4.69) is 15.8 Å². The van der Waals surface area contributed by atoms with E-state index in [1.165, 1.54) is 6.20 Å². The van der Waals surface area contributed by atoms with E-state index in [4.69, 9.17) is 9.26 Å². The van der Waals surface area contributed by atoms with Crippen LogP contribution in [0.15, 0.2) is 10.7 Å². The van der Waals surface area contributed by atoms with Gasteiger partial charge in [-0.05, 0) is 25.7 Å². The highest BCUT2D eigenvalue weighted by Gasteiger charge is 2.37. The van der Waals surface area contributed by atoms with E-state index < -0.39 is 0 Å². The van der Waals surface area contributed by atoms with E-state index in [1.807, 2.05) is 0 Å². The fourth-order valence-corrected chi connectivity index (χ4v) is 2.96. The predicted octanol–water partition coefficient (Wildman–Crippen LogP) is 0.480. The molecule has 0 radical (unpaired) electrons. The number of piperidine rings is 1. The fraction of sp³-hybridized carbons (Fsp3) is 0.692. The van der Waals surface area contributed by atoms with Crippen LogP contribution in [0.2, 0.25) is 0 Å². The van der Waals surface area contributed by atoms with E-state index in [0.717, 1.165) is 32.5 Å². The molecule has 0 saturated carbocycles. The molecule has 3 atom stereocenters. The maximum Gasteiger partial charge on any atom is 0.256 e. The number of nitrogens with zero attached hydrogens (tertiary/aromatic N) is 1. The van der Waals surface area contributed by atoms with Gasteiger partial charge in [0.2, 0.25) is 0 Å². The van der Waals surface area contributed by atoms with Crippen molar-refractivity contribution in [3.8, 4) is 0 Å². The molecular weight excluding hydrogens is 246 g/mol. The number of hydrogen-bond acceptors (Lipinski definition) is 5. The highest BCUT2D eigenvalue weighted by atomic mass is 16.5. The maximum atomic E-state index is 12.2. The summed E-state index contributed by atoms with van der Waals surface area (Å²) in [6, 6.07) is 0.0147. The molecule has 2 saturated heterocycles. The number of carbonyl (C=O) groups is 1. The summed E-state index contributed by atoms with van der Waals surface area (Å²) in [6.45, 7) is 4.25. The van der Waals surface area contributed by atoms with Gasteiger partial charge in [-0.25, -0.2) is 0 Å². The number of hydrogen-bond donors (Lipinski definition) is 2. The monoisotopic (exact) mass is 265 g/mol. The summed E-state index contributed by atoms with van der Waals surface area (Å²) >= 11 is 0. The predicted molar refractivity (Wildman–Crippen MR) is 67.8 cm³/mol. The van der Waals surface area contributed by atoms with E-state index >= 15 is 0 Å². The first kappa shape index (κ1) is 12.6. The fourth-order valence-electron chi connectivity index (χ4n) is 2.96. The average Bonchev–Trinajstić information content (AvgIpc) is 2.85. The molecule has 1 aromatic heterocycles. The van der Waals surface area contributed by atoms with E-state index in [-0.39, 0.29) is 18.1 Å². The molecular formula is C13H19N3O3. The zero-order chi connectivity index (χ0) is 13.2. The lowest BCUT2D eigenvalue weighted by Crippen LogP contribution is -2.60.